The summed E-state index contributed by atoms with van der Waals surface area (Å²) in [6, 6.07) is 20.8. The van der Waals surface area contributed by atoms with Gasteiger partial charge in [0.25, 0.3) is 11.8 Å². The number of hydrogen-bond donors (Lipinski definition) is 3. The van der Waals surface area contributed by atoms with Crippen LogP contribution >= 0.6 is 0 Å². The standard InChI is InChI=1S/C42H45N9O8S/c1-58-36-25-29(12-14-32(36)44-42-43-26-30-13-15-33(51(30)46-42)27-8-6-9-28(24-27)47-60(2,56)57)49-21-19-48(20-22-49)18-4-3-5-23-59-35-11-7-10-31-38(35)41(55)50(40(31)54)34-16-17-37(52)45-39(34)53/h6-15,24-26,34,47H,3-5,16-23H2,1-2H3,(H,44,46)(H,45,52,53). The maximum absolute atomic E-state index is 13.3. The first-order valence-electron chi connectivity index (χ1n) is 19.8. The first kappa shape index (κ1) is 40.3. The number of unbranched alkanes of at least 4 members (excludes halogenated alkanes) is 2. The number of anilines is 4. The SMILES string of the molecule is COc1cc(N2CCN(CCCCCOc3cccc4c3C(=O)N(C3CCC(=O)NC3=O)C4=O)CC2)ccc1Nc1ncc2ccc(-c3cccc(NS(C)(=O)=O)c3)n2n1. The van der Waals surface area contributed by atoms with Crippen molar-refractivity contribution >= 4 is 62.2 Å². The molecule has 3 N–H and O–H groups in total. The molecule has 2 fully saturated rings. The Morgan fingerprint density at radius 3 is 2.48 bits per heavy atom. The highest BCUT2D eigenvalue weighted by Gasteiger charge is 2.46. The number of nitrogens with zero attached hydrogens (tertiary/aromatic N) is 6. The predicted octanol–water partition coefficient (Wildman–Crippen LogP) is 4.29. The van der Waals surface area contributed by atoms with Crippen molar-refractivity contribution in [3.05, 3.63) is 90.1 Å². The molecule has 5 aromatic rings. The number of imide groups is 2. The van der Waals surface area contributed by atoms with Crippen LogP contribution in [0.1, 0.15) is 52.8 Å². The molecule has 1 unspecified atom stereocenters. The fourth-order valence-corrected chi connectivity index (χ4v) is 8.42. The Hall–Kier alpha value is -6.53. The molecule has 3 aromatic carbocycles. The third kappa shape index (κ3) is 8.60. The molecule has 3 aliphatic rings. The number of amides is 4. The molecule has 312 valence electrons. The monoisotopic (exact) mass is 835 g/mol. The molecule has 0 bridgehead atoms. The van der Waals surface area contributed by atoms with Gasteiger partial charge in [0.15, 0.2) is 0 Å². The highest BCUT2D eigenvalue weighted by molar-refractivity contribution is 7.92. The van der Waals surface area contributed by atoms with E-state index >= 15 is 0 Å². The summed E-state index contributed by atoms with van der Waals surface area (Å²) in [4.78, 5) is 60.7. The molecular formula is C42H45N9O8S. The molecule has 0 radical (unpaired) electrons. The van der Waals surface area contributed by atoms with Gasteiger partial charge in [-0.3, -0.25) is 39.0 Å². The van der Waals surface area contributed by atoms with Crippen molar-refractivity contribution < 1.29 is 37.1 Å². The number of carbonyl (C=O) groups excluding carboxylic acids is 4. The zero-order valence-electron chi connectivity index (χ0n) is 33.2. The van der Waals surface area contributed by atoms with E-state index in [-0.39, 0.29) is 24.0 Å². The minimum Gasteiger partial charge on any atom is -0.494 e. The van der Waals surface area contributed by atoms with Crippen LogP contribution in [-0.2, 0) is 19.6 Å². The number of nitrogens with one attached hydrogen (secondary N) is 3. The number of carbonyl (C=O) groups is 4. The summed E-state index contributed by atoms with van der Waals surface area (Å²) < 4.78 is 39.6. The maximum Gasteiger partial charge on any atom is 0.266 e. The van der Waals surface area contributed by atoms with Crippen molar-refractivity contribution in [1.29, 1.82) is 0 Å². The molecule has 5 heterocycles. The smallest absolute Gasteiger partial charge is 0.266 e. The first-order chi connectivity index (χ1) is 29.0. The van der Waals surface area contributed by atoms with Crippen LogP contribution < -0.4 is 29.7 Å². The van der Waals surface area contributed by atoms with Gasteiger partial charge in [-0.25, -0.2) is 17.9 Å². The highest BCUT2D eigenvalue weighted by Crippen LogP contribution is 2.35. The van der Waals surface area contributed by atoms with Crippen molar-refractivity contribution in [3.63, 3.8) is 0 Å². The summed E-state index contributed by atoms with van der Waals surface area (Å²) >= 11 is 0. The fourth-order valence-electron chi connectivity index (χ4n) is 7.86. The predicted molar refractivity (Wildman–Crippen MR) is 224 cm³/mol. The van der Waals surface area contributed by atoms with Gasteiger partial charge < -0.3 is 19.7 Å². The topological polar surface area (TPSA) is 197 Å². The van der Waals surface area contributed by atoms with Crippen LogP contribution in [0.4, 0.5) is 23.0 Å². The third-order valence-electron chi connectivity index (χ3n) is 10.8. The lowest BCUT2D eigenvalue weighted by Crippen LogP contribution is -2.54. The second-order valence-electron chi connectivity index (χ2n) is 15.0. The molecule has 60 heavy (non-hydrogen) atoms. The molecular weight excluding hydrogens is 791 g/mol. The Bertz CT molecular complexity index is 2590. The van der Waals surface area contributed by atoms with Crippen molar-refractivity contribution in [3.8, 4) is 22.8 Å². The van der Waals surface area contributed by atoms with Gasteiger partial charge in [0.2, 0.25) is 27.8 Å². The van der Waals surface area contributed by atoms with Crippen LogP contribution in [0, 0.1) is 0 Å². The normalized spacial score (nSPS) is 17.2. The Balaban J connectivity index is 0.804. The van der Waals surface area contributed by atoms with Gasteiger partial charge in [0.05, 0.1) is 54.2 Å². The molecule has 8 rings (SSSR count). The van der Waals surface area contributed by atoms with Crippen molar-refractivity contribution in [1.82, 2.24) is 29.7 Å². The Morgan fingerprint density at radius 1 is 0.883 bits per heavy atom. The number of piperidine rings is 1. The summed E-state index contributed by atoms with van der Waals surface area (Å²) in [6.45, 7) is 4.87. The maximum atomic E-state index is 13.3. The van der Waals surface area contributed by atoms with E-state index in [4.69, 9.17) is 14.6 Å². The van der Waals surface area contributed by atoms with Crippen LogP contribution in [-0.4, -0.2) is 115 Å². The Morgan fingerprint density at radius 2 is 1.70 bits per heavy atom. The molecule has 18 heteroatoms. The number of hydrogen-bond acceptors (Lipinski definition) is 13. The summed E-state index contributed by atoms with van der Waals surface area (Å²) in [5.41, 5.74) is 4.93. The number of fused-ring (bicyclic) bond motifs is 2. The van der Waals surface area contributed by atoms with Crippen molar-refractivity contribution in [2.75, 3.05) is 67.6 Å². The van der Waals surface area contributed by atoms with Gasteiger partial charge in [-0.05, 0) is 80.8 Å². The Labute approximate surface area is 346 Å². The second-order valence-corrected chi connectivity index (χ2v) is 16.7. The zero-order chi connectivity index (χ0) is 42.0. The number of benzene rings is 3. The van der Waals surface area contributed by atoms with Gasteiger partial charge in [-0.15, -0.1) is 5.10 Å². The molecule has 0 saturated carbocycles. The van der Waals surface area contributed by atoms with Crippen LogP contribution in [0.15, 0.2) is 79.0 Å². The van der Waals surface area contributed by atoms with E-state index in [0.29, 0.717) is 35.4 Å². The number of sulfonamides is 1. The van der Waals surface area contributed by atoms with E-state index in [1.165, 1.54) is 0 Å². The van der Waals surface area contributed by atoms with Gasteiger partial charge in [0.1, 0.15) is 17.5 Å². The minimum atomic E-state index is -3.43. The number of aromatic nitrogens is 3. The van der Waals surface area contributed by atoms with Crippen LogP contribution in [0.2, 0.25) is 0 Å². The molecule has 2 saturated heterocycles. The number of ether oxygens (including phenoxy) is 2. The van der Waals surface area contributed by atoms with Gasteiger partial charge in [0, 0.05) is 55.6 Å². The minimum absolute atomic E-state index is 0.0635. The van der Waals surface area contributed by atoms with E-state index in [9.17, 15) is 27.6 Å². The van der Waals surface area contributed by atoms with Crippen LogP contribution in [0.3, 0.4) is 0 Å². The lowest BCUT2D eigenvalue weighted by atomic mass is 10.0. The largest absolute Gasteiger partial charge is 0.494 e. The van der Waals surface area contributed by atoms with Crippen LogP contribution in [0.25, 0.3) is 16.8 Å². The lowest BCUT2D eigenvalue weighted by molar-refractivity contribution is -0.136. The third-order valence-corrected chi connectivity index (χ3v) is 11.4. The number of rotatable bonds is 15. The van der Waals surface area contributed by atoms with E-state index < -0.39 is 39.7 Å². The van der Waals surface area contributed by atoms with Gasteiger partial charge >= 0.3 is 0 Å². The molecule has 1 atom stereocenters. The highest BCUT2D eigenvalue weighted by atomic mass is 32.2. The molecule has 2 aromatic heterocycles. The molecule has 3 aliphatic heterocycles. The average Bonchev–Trinajstić information content (AvgIpc) is 3.76. The number of methoxy groups -OCH3 is 1. The lowest BCUT2D eigenvalue weighted by Gasteiger charge is -2.36. The summed E-state index contributed by atoms with van der Waals surface area (Å²) in [6.07, 6.45) is 5.68. The number of piperazine rings is 1. The summed E-state index contributed by atoms with van der Waals surface area (Å²) in [5.74, 6) is -0.845. The molecule has 0 aliphatic carbocycles. The van der Waals surface area contributed by atoms with E-state index in [1.54, 1.807) is 54.2 Å². The quantitative estimate of drug-likeness (QED) is 0.0999. The average molecular weight is 836 g/mol. The zero-order valence-corrected chi connectivity index (χ0v) is 34.0. The van der Waals surface area contributed by atoms with Gasteiger partial charge in [-0.2, -0.15) is 0 Å². The molecule has 4 amide bonds. The van der Waals surface area contributed by atoms with Gasteiger partial charge in [-0.1, -0.05) is 18.2 Å². The first-order valence-corrected chi connectivity index (χ1v) is 21.7. The van der Waals surface area contributed by atoms with E-state index in [2.05, 4.69) is 36.2 Å². The van der Waals surface area contributed by atoms with Crippen LogP contribution in [0.5, 0.6) is 11.5 Å². The van der Waals surface area contributed by atoms with Crippen molar-refractivity contribution in [2.24, 2.45) is 0 Å². The second kappa shape index (κ2) is 17.0. The van der Waals surface area contributed by atoms with E-state index in [0.717, 1.165) is 85.6 Å². The Kier molecular flexibility index (Phi) is 11.4. The molecule has 0 spiro atoms. The van der Waals surface area contributed by atoms with E-state index in [1.807, 2.05) is 30.3 Å². The molecule has 17 nitrogen and oxygen atoms in total. The summed E-state index contributed by atoms with van der Waals surface area (Å²) in [5, 5.41) is 10.2. The summed E-state index contributed by atoms with van der Waals surface area (Å²) in [7, 11) is -1.80. The van der Waals surface area contributed by atoms with Crippen molar-refractivity contribution in [2.45, 2.75) is 38.1 Å². The fraction of sp³-hybridized carbons (Fsp3) is 0.333.